The number of rotatable bonds is 7. The summed E-state index contributed by atoms with van der Waals surface area (Å²) in [4.78, 5) is 17.0. The lowest BCUT2D eigenvalue weighted by Crippen LogP contribution is -2.37. The van der Waals surface area contributed by atoms with Crippen LogP contribution in [0.5, 0.6) is 5.75 Å². The van der Waals surface area contributed by atoms with Crippen LogP contribution in [-0.4, -0.2) is 48.0 Å². The Kier molecular flexibility index (Phi) is 5.21. The number of methoxy groups -OCH3 is 1. The van der Waals surface area contributed by atoms with Crippen LogP contribution in [0, 0.1) is 0 Å². The second kappa shape index (κ2) is 7.35. The van der Waals surface area contributed by atoms with Crippen molar-refractivity contribution in [1.29, 1.82) is 0 Å². The van der Waals surface area contributed by atoms with Gasteiger partial charge in [-0.15, -0.1) is 0 Å². The normalized spacial score (nSPS) is 21.0. The SMILES string of the molecule is COc1ccc(CN(CCC(=O)N2CCC[C@H]2C)C2CC2)cc1. The van der Waals surface area contributed by atoms with Crippen LogP contribution in [0.3, 0.4) is 0 Å². The second-order valence-electron chi connectivity index (χ2n) is 6.88. The molecule has 0 bridgehead atoms. The molecule has 1 aromatic carbocycles. The molecule has 0 aromatic heterocycles. The smallest absolute Gasteiger partial charge is 0.224 e. The first-order chi connectivity index (χ1) is 11.2. The maximum Gasteiger partial charge on any atom is 0.224 e. The third kappa shape index (κ3) is 4.25. The van der Waals surface area contributed by atoms with Gasteiger partial charge in [0.25, 0.3) is 0 Å². The third-order valence-corrected chi connectivity index (χ3v) is 5.09. The van der Waals surface area contributed by atoms with E-state index < -0.39 is 0 Å². The van der Waals surface area contributed by atoms with Crippen molar-refractivity contribution in [1.82, 2.24) is 9.80 Å². The first kappa shape index (κ1) is 16.3. The van der Waals surface area contributed by atoms with Gasteiger partial charge < -0.3 is 9.64 Å². The molecule has 4 nitrogen and oxygen atoms in total. The fraction of sp³-hybridized carbons (Fsp3) is 0.632. The molecule has 0 spiro atoms. The van der Waals surface area contributed by atoms with Crippen LogP contribution in [0.4, 0.5) is 0 Å². The Bertz CT molecular complexity index is 525. The summed E-state index contributed by atoms with van der Waals surface area (Å²) >= 11 is 0. The third-order valence-electron chi connectivity index (χ3n) is 5.09. The monoisotopic (exact) mass is 316 g/mol. The van der Waals surface area contributed by atoms with E-state index in [1.807, 2.05) is 12.1 Å². The lowest BCUT2D eigenvalue weighted by molar-refractivity contribution is -0.132. The highest BCUT2D eigenvalue weighted by Gasteiger charge is 2.30. The lowest BCUT2D eigenvalue weighted by atomic mass is 10.2. The largest absolute Gasteiger partial charge is 0.497 e. The van der Waals surface area contributed by atoms with Crippen LogP contribution in [0.1, 0.15) is 44.6 Å². The molecule has 1 aromatic rings. The average molecular weight is 316 g/mol. The molecule has 0 radical (unpaired) electrons. The summed E-state index contributed by atoms with van der Waals surface area (Å²) in [5.41, 5.74) is 1.29. The Morgan fingerprint density at radius 1 is 1.26 bits per heavy atom. The van der Waals surface area contributed by atoms with Crippen molar-refractivity contribution in [2.75, 3.05) is 20.2 Å². The molecule has 2 fully saturated rings. The molecule has 2 aliphatic rings. The van der Waals surface area contributed by atoms with E-state index in [1.54, 1.807) is 7.11 Å². The number of ether oxygens (including phenoxy) is 1. The number of likely N-dealkylation sites (tertiary alicyclic amines) is 1. The second-order valence-corrected chi connectivity index (χ2v) is 6.88. The van der Waals surface area contributed by atoms with Gasteiger partial charge in [-0.25, -0.2) is 0 Å². The van der Waals surface area contributed by atoms with E-state index in [0.29, 0.717) is 24.4 Å². The van der Waals surface area contributed by atoms with Crippen LogP contribution in [0.2, 0.25) is 0 Å². The van der Waals surface area contributed by atoms with Gasteiger partial charge in [0.15, 0.2) is 0 Å². The minimum absolute atomic E-state index is 0.329. The van der Waals surface area contributed by atoms with Crippen molar-refractivity contribution in [3.8, 4) is 5.75 Å². The predicted molar refractivity (Wildman–Crippen MR) is 91.5 cm³/mol. The molecule has 126 valence electrons. The highest BCUT2D eigenvalue weighted by molar-refractivity contribution is 5.77. The zero-order valence-corrected chi connectivity index (χ0v) is 14.3. The number of carbonyl (C=O) groups is 1. The van der Waals surface area contributed by atoms with Crippen LogP contribution < -0.4 is 4.74 Å². The Hall–Kier alpha value is -1.55. The summed E-state index contributed by atoms with van der Waals surface area (Å²) in [6.07, 6.45) is 5.50. The first-order valence-electron chi connectivity index (χ1n) is 8.84. The van der Waals surface area contributed by atoms with Gasteiger partial charge >= 0.3 is 0 Å². The number of benzene rings is 1. The number of amides is 1. The van der Waals surface area contributed by atoms with E-state index in [2.05, 4.69) is 28.9 Å². The van der Waals surface area contributed by atoms with Crippen LogP contribution >= 0.6 is 0 Å². The Balaban J connectivity index is 1.53. The van der Waals surface area contributed by atoms with Gasteiger partial charge in [0.1, 0.15) is 5.75 Å². The van der Waals surface area contributed by atoms with E-state index in [4.69, 9.17) is 4.74 Å². The highest BCUT2D eigenvalue weighted by atomic mass is 16.5. The van der Waals surface area contributed by atoms with Crippen molar-refractivity contribution in [2.24, 2.45) is 0 Å². The number of hydrogen-bond acceptors (Lipinski definition) is 3. The van der Waals surface area contributed by atoms with E-state index in [-0.39, 0.29) is 0 Å². The topological polar surface area (TPSA) is 32.8 Å². The molecule has 1 aliphatic carbocycles. The van der Waals surface area contributed by atoms with E-state index in [1.165, 1.54) is 18.4 Å². The number of hydrogen-bond donors (Lipinski definition) is 0. The first-order valence-corrected chi connectivity index (χ1v) is 8.84. The molecule has 1 heterocycles. The van der Waals surface area contributed by atoms with Gasteiger partial charge in [0.2, 0.25) is 5.91 Å². The molecule has 0 unspecified atom stereocenters. The predicted octanol–water partition coefficient (Wildman–Crippen LogP) is 3.06. The van der Waals surface area contributed by atoms with Gasteiger partial charge in [-0.1, -0.05) is 12.1 Å². The summed E-state index contributed by atoms with van der Waals surface area (Å²) in [6.45, 7) is 4.92. The molecule has 1 aliphatic heterocycles. The maximum absolute atomic E-state index is 12.4. The Labute approximate surface area is 139 Å². The van der Waals surface area contributed by atoms with E-state index >= 15 is 0 Å². The molecule has 1 atom stereocenters. The van der Waals surface area contributed by atoms with Crippen molar-refractivity contribution in [3.05, 3.63) is 29.8 Å². The molecular weight excluding hydrogens is 288 g/mol. The fourth-order valence-electron chi connectivity index (χ4n) is 3.48. The van der Waals surface area contributed by atoms with E-state index in [0.717, 1.165) is 38.2 Å². The summed E-state index contributed by atoms with van der Waals surface area (Å²) in [6, 6.07) is 9.37. The Morgan fingerprint density at radius 3 is 2.57 bits per heavy atom. The zero-order valence-electron chi connectivity index (χ0n) is 14.3. The highest BCUT2D eigenvalue weighted by Crippen LogP contribution is 2.29. The number of carbonyl (C=O) groups excluding carboxylic acids is 1. The van der Waals surface area contributed by atoms with Crippen molar-refractivity contribution < 1.29 is 9.53 Å². The van der Waals surface area contributed by atoms with Crippen molar-refractivity contribution >= 4 is 5.91 Å². The Morgan fingerprint density at radius 2 is 2.00 bits per heavy atom. The van der Waals surface area contributed by atoms with Gasteiger partial charge in [0.05, 0.1) is 7.11 Å². The quantitative estimate of drug-likeness (QED) is 0.775. The maximum atomic E-state index is 12.4. The zero-order chi connectivity index (χ0) is 16.2. The molecule has 1 amide bonds. The molecule has 0 N–H and O–H groups in total. The molecule has 1 saturated heterocycles. The fourth-order valence-corrected chi connectivity index (χ4v) is 3.48. The van der Waals surface area contributed by atoms with Gasteiger partial charge in [-0.05, 0) is 50.3 Å². The molecular formula is C19H28N2O2. The molecule has 3 rings (SSSR count). The van der Waals surface area contributed by atoms with Gasteiger partial charge in [-0.2, -0.15) is 0 Å². The molecule has 4 heteroatoms. The average Bonchev–Trinajstić information content (AvgIpc) is 3.33. The summed E-state index contributed by atoms with van der Waals surface area (Å²) in [5, 5.41) is 0. The summed E-state index contributed by atoms with van der Waals surface area (Å²) in [7, 11) is 1.69. The molecule has 23 heavy (non-hydrogen) atoms. The van der Waals surface area contributed by atoms with Crippen molar-refractivity contribution in [2.45, 2.75) is 57.7 Å². The summed E-state index contributed by atoms with van der Waals surface area (Å²) < 4.78 is 5.22. The summed E-state index contributed by atoms with van der Waals surface area (Å²) in [5.74, 6) is 1.22. The van der Waals surface area contributed by atoms with Crippen LogP contribution in [-0.2, 0) is 11.3 Å². The molecule has 1 saturated carbocycles. The van der Waals surface area contributed by atoms with E-state index in [9.17, 15) is 4.79 Å². The van der Waals surface area contributed by atoms with Gasteiger partial charge in [0, 0.05) is 38.1 Å². The van der Waals surface area contributed by atoms with Crippen molar-refractivity contribution in [3.63, 3.8) is 0 Å². The minimum atomic E-state index is 0.329. The van der Waals surface area contributed by atoms with Crippen LogP contribution in [0.25, 0.3) is 0 Å². The van der Waals surface area contributed by atoms with Gasteiger partial charge in [-0.3, -0.25) is 9.69 Å². The van der Waals surface area contributed by atoms with Crippen LogP contribution in [0.15, 0.2) is 24.3 Å². The lowest BCUT2D eigenvalue weighted by Gasteiger charge is -2.25. The standard InChI is InChI=1S/C19H28N2O2/c1-15-4-3-12-21(15)19(22)11-13-20(17-7-8-17)14-16-5-9-18(23-2)10-6-16/h5-6,9-10,15,17H,3-4,7-8,11-14H2,1-2H3/t15-/m1/s1. The minimum Gasteiger partial charge on any atom is -0.497 e. The number of nitrogens with zero attached hydrogens (tertiary/aromatic N) is 2.